The molecule has 21 heavy (non-hydrogen) atoms. The lowest BCUT2D eigenvalue weighted by Crippen LogP contribution is -2.40. The van der Waals surface area contributed by atoms with Crippen LogP contribution in [0.5, 0.6) is 0 Å². The van der Waals surface area contributed by atoms with Crippen molar-refractivity contribution in [2.75, 3.05) is 17.6 Å². The second-order valence-corrected chi connectivity index (χ2v) is 6.27. The molecule has 2 aliphatic heterocycles. The highest BCUT2D eigenvalue weighted by Gasteiger charge is 2.29. The van der Waals surface area contributed by atoms with Gasteiger partial charge in [0.05, 0.1) is 23.2 Å². The van der Waals surface area contributed by atoms with Gasteiger partial charge in [0.2, 0.25) is 0 Å². The number of nitrogens with one attached hydrogen (secondary N) is 1. The second kappa shape index (κ2) is 5.13. The molecule has 1 amide bonds. The summed E-state index contributed by atoms with van der Waals surface area (Å²) >= 11 is 0. The quantitative estimate of drug-likeness (QED) is 0.860. The molecule has 1 N–H and O–H groups in total. The van der Waals surface area contributed by atoms with Crippen LogP contribution in [-0.4, -0.2) is 42.3 Å². The van der Waals surface area contributed by atoms with Gasteiger partial charge in [0.25, 0.3) is 15.9 Å². The van der Waals surface area contributed by atoms with E-state index >= 15 is 0 Å². The number of aromatic nitrogens is 1. The highest BCUT2D eigenvalue weighted by molar-refractivity contribution is 7.90. The first-order valence-corrected chi connectivity index (χ1v) is 7.86. The molecule has 108 valence electrons. The van der Waals surface area contributed by atoms with E-state index in [1.165, 1.54) is 6.20 Å². The van der Waals surface area contributed by atoms with Crippen LogP contribution >= 0.6 is 0 Å². The lowest BCUT2D eigenvalue weighted by molar-refractivity contribution is -0.112. The van der Waals surface area contributed by atoms with Gasteiger partial charge in [-0.3, -0.25) is 9.78 Å². The molecule has 7 nitrogen and oxygen atoms in total. The molecular weight excluding hydrogens is 292 g/mol. The minimum atomic E-state index is -3.51. The van der Waals surface area contributed by atoms with Crippen molar-refractivity contribution in [2.45, 2.75) is 0 Å². The zero-order valence-electron chi connectivity index (χ0n) is 10.9. The van der Waals surface area contributed by atoms with Crippen LogP contribution in [0, 0.1) is 0 Å². The highest BCUT2D eigenvalue weighted by atomic mass is 32.2. The fourth-order valence-corrected chi connectivity index (χ4v) is 3.01. The average Bonchev–Trinajstić information content (AvgIpc) is 2.46. The Morgan fingerprint density at radius 3 is 3.00 bits per heavy atom. The molecule has 8 heteroatoms. The number of fused-ring (bicyclic) bond motifs is 1. The number of amides is 1. The highest BCUT2D eigenvalue weighted by Crippen LogP contribution is 2.19. The molecule has 1 aromatic heterocycles. The van der Waals surface area contributed by atoms with Gasteiger partial charge in [-0.25, -0.2) is 8.42 Å². The van der Waals surface area contributed by atoms with Crippen LogP contribution in [0.4, 0.5) is 5.69 Å². The average molecular weight is 304 g/mol. The molecular formula is C13H12N4O3S. The molecule has 0 aliphatic carbocycles. The monoisotopic (exact) mass is 304 g/mol. The van der Waals surface area contributed by atoms with Crippen molar-refractivity contribution in [3.8, 4) is 0 Å². The van der Waals surface area contributed by atoms with Crippen molar-refractivity contribution in [1.29, 1.82) is 0 Å². The Balaban J connectivity index is 1.90. The van der Waals surface area contributed by atoms with Gasteiger partial charge in [-0.2, -0.15) is 0 Å². The van der Waals surface area contributed by atoms with Crippen molar-refractivity contribution >= 4 is 27.5 Å². The maximum atomic E-state index is 12.3. The van der Waals surface area contributed by atoms with Gasteiger partial charge in [-0.05, 0) is 24.3 Å². The smallest absolute Gasteiger partial charge is 0.259 e. The number of amidine groups is 1. The van der Waals surface area contributed by atoms with Gasteiger partial charge in [0, 0.05) is 18.9 Å². The van der Waals surface area contributed by atoms with Crippen LogP contribution in [0.2, 0.25) is 0 Å². The predicted molar refractivity (Wildman–Crippen MR) is 78.0 cm³/mol. The molecule has 0 aromatic carbocycles. The molecule has 0 unspecified atom stereocenters. The SMILES string of the molecule is O=C(Nc1cccnc1)C1=CC=CN2CCS(=O)(=O)N=C12. The molecule has 0 radical (unpaired) electrons. The number of hydrogen-bond acceptors (Lipinski definition) is 5. The maximum absolute atomic E-state index is 12.3. The van der Waals surface area contributed by atoms with Crippen LogP contribution in [0.25, 0.3) is 0 Å². The molecule has 0 spiro atoms. The van der Waals surface area contributed by atoms with E-state index in [1.54, 1.807) is 41.6 Å². The first-order chi connectivity index (χ1) is 10.1. The van der Waals surface area contributed by atoms with Gasteiger partial charge in [0.1, 0.15) is 0 Å². The van der Waals surface area contributed by atoms with E-state index in [4.69, 9.17) is 0 Å². The summed E-state index contributed by atoms with van der Waals surface area (Å²) in [5.74, 6) is -0.323. The third kappa shape index (κ3) is 2.84. The molecule has 0 saturated carbocycles. The van der Waals surface area contributed by atoms with Gasteiger partial charge in [-0.15, -0.1) is 4.40 Å². The Labute approximate surface area is 121 Å². The number of sulfonamides is 1. The van der Waals surface area contributed by atoms with Gasteiger partial charge >= 0.3 is 0 Å². The molecule has 3 heterocycles. The third-order valence-electron chi connectivity index (χ3n) is 3.02. The summed E-state index contributed by atoms with van der Waals surface area (Å²) in [6.45, 7) is 0.287. The Morgan fingerprint density at radius 2 is 2.24 bits per heavy atom. The van der Waals surface area contributed by atoms with Crippen LogP contribution in [-0.2, 0) is 14.8 Å². The fraction of sp³-hybridized carbons (Fsp3) is 0.154. The van der Waals surface area contributed by atoms with Crippen molar-refractivity contribution in [3.63, 3.8) is 0 Å². The van der Waals surface area contributed by atoms with Crippen molar-refractivity contribution in [1.82, 2.24) is 9.88 Å². The number of allylic oxidation sites excluding steroid dienone is 2. The summed E-state index contributed by atoms with van der Waals surface area (Å²) in [4.78, 5) is 17.8. The molecule has 0 saturated heterocycles. The molecule has 0 bridgehead atoms. The van der Waals surface area contributed by atoms with Crippen LogP contribution < -0.4 is 5.32 Å². The third-order valence-corrected chi connectivity index (χ3v) is 4.17. The van der Waals surface area contributed by atoms with Crippen molar-refractivity contribution < 1.29 is 13.2 Å². The van der Waals surface area contributed by atoms with Crippen molar-refractivity contribution in [3.05, 3.63) is 48.5 Å². The Morgan fingerprint density at radius 1 is 1.38 bits per heavy atom. The summed E-state index contributed by atoms with van der Waals surface area (Å²) in [6.07, 6.45) is 8.04. The molecule has 0 fully saturated rings. The van der Waals surface area contributed by atoms with Gasteiger partial charge in [0.15, 0.2) is 5.84 Å². The first kappa shape index (κ1) is 13.5. The van der Waals surface area contributed by atoms with Gasteiger partial charge < -0.3 is 10.2 Å². The zero-order chi connectivity index (χ0) is 14.9. The lowest BCUT2D eigenvalue weighted by atomic mass is 10.1. The van der Waals surface area contributed by atoms with E-state index < -0.39 is 15.9 Å². The summed E-state index contributed by atoms with van der Waals surface area (Å²) in [5, 5.41) is 2.67. The lowest BCUT2D eigenvalue weighted by Gasteiger charge is -2.28. The van der Waals surface area contributed by atoms with Crippen LogP contribution in [0.3, 0.4) is 0 Å². The summed E-state index contributed by atoms with van der Waals surface area (Å²) < 4.78 is 26.9. The predicted octanol–water partition coefficient (Wildman–Crippen LogP) is 0.518. The largest absolute Gasteiger partial charge is 0.331 e. The second-order valence-electron chi connectivity index (χ2n) is 4.51. The fourth-order valence-electron chi connectivity index (χ4n) is 2.03. The van der Waals surface area contributed by atoms with E-state index in [2.05, 4.69) is 14.7 Å². The van der Waals surface area contributed by atoms with Crippen LogP contribution in [0.1, 0.15) is 0 Å². The number of rotatable bonds is 2. The Bertz CT molecular complexity index is 766. The summed E-state index contributed by atoms with van der Waals surface area (Å²) in [5.41, 5.74) is 0.744. The van der Waals surface area contributed by atoms with E-state index in [0.717, 1.165) is 0 Å². The summed E-state index contributed by atoms with van der Waals surface area (Å²) in [7, 11) is -3.51. The zero-order valence-corrected chi connectivity index (χ0v) is 11.7. The molecule has 1 aromatic rings. The number of hydrogen-bond donors (Lipinski definition) is 1. The maximum Gasteiger partial charge on any atom is 0.259 e. The van der Waals surface area contributed by atoms with E-state index in [-0.39, 0.29) is 23.7 Å². The summed E-state index contributed by atoms with van der Waals surface area (Å²) in [6, 6.07) is 3.39. The molecule has 0 atom stereocenters. The molecule has 3 rings (SSSR count). The number of carbonyl (C=O) groups excluding carboxylic acids is 1. The molecule has 2 aliphatic rings. The Kier molecular flexibility index (Phi) is 3.30. The topological polar surface area (TPSA) is 91.7 Å². The number of nitrogens with zero attached hydrogens (tertiary/aromatic N) is 3. The Hall–Kier alpha value is -2.48. The number of pyridine rings is 1. The van der Waals surface area contributed by atoms with E-state index in [9.17, 15) is 13.2 Å². The van der Waals surface area contributed by atoms with Crippen LogP contribution in [0.15, 0.2) is 52.8 Å². The minimum absolute atomic E-state index is 0.0572. The van der Waals surface area contributed by atoms with Crippen molar-refractivity contribution in [2.24, 2.45) is 4.40 Å². The standard InChI is InChI=1S/C13H12N4O3S/c18-13(15-10-3-1-5-14-9-10)11-4-2-6-17-7-8-21(19,20)16-12(11)17/h1-6,9H,7-8H2,(H,15,18). The van der Waals surface area contributed by atoms with Gasteiger partial charge in [-0.1, -0.05) is 0 Å². The normalized spacial score (nSPS) is 19.3. The number of carbonyl (C=O) groups is 1. The number of anilines is 1. The van der Waals surface area contributed by atoms with E-state index in [0.29, 0.717) is 5.69 Å². The minimum Gasteiger partial charge on any atom is -0.331 e. The first-order valence-electron chi connectivity index (χ1n) is 6.25. The van der Waals surface area contributed by atoms with E-state index in [1.807, 2.05) is 0 Å².